The van der Waals surface area contributed by atoms with E-state index in [9.17, 15) is 9.59 Å². The average Bonchev–Trinajstić information content (AvgIpc) is 2.68. The molecule has 2 aromatic rings. The topological polar surface area (TPSA) is 83.7 Å². The van der Waals surface area contributed by atoms with E-state index in [0.29, 0.717) is 5.69 Å². The average molecular weight is 261 g/mol. The second kappa shape index (κ2) is 5.51. The number of hydrogen-bond donors (Lipinski definition) is 2. The van der Waals surface area contributed by atoms with Crippen LogP contribution in [0.4, 0.5) is 0 Å². The molecule has 0 aliphatic rings. The first-order valence-electron chi connectivity index (χ1n) is 5.98. The van der Waals surface area contributed by atoms with Crippen LogP contribution in [0.3, 0.4) is 0 Å². The van der Waals surface area contributed by atoms with Gasteiger partial charge in [-0.05, 0) is 19.1 Å². The summed E-state index contributed by atoms with van der Waals surface area (Å²) in [5.74, 6) is -1.15. The maximum absolute atomic E-state index is 11.7. The number of hydrogen-bond acceptors (Lipinski definition) is 3. The van der Waals surface area contributed by atoms with Crippen LogP contribution in [0, 0.1) is 0 Å². The van der Waals surface area contributed by atoms with Gasteiger partial charge >= 0.3 is 5.97 Å². The predicted molar refractivity (Wildman–Crippen MR) is 68.8 cm³/mol. The molecule has 0 radical (unpaired) electrons. The van der Waals surface area contributed by atoms with Crippen molar-refractivity contribution in [3.63, 3.8) is 0 Å². The van der Waals surface area contributed by atoms with Gasteiger partial charge < -0.3 is 14.8 Å². The molecular weight excluding hydrogens is 246 g/mol. The lowest BCUT2D eigenvalue weighted by atomic mass is 10.2. The van der Waals surface area contributed by atoms with Crippen LogP contribution in [0.1, 0.15) is 19.0 Å². The highest BCUT2D eigenvalue weighted by Crippen LogP contribution is 2.05. The van der Waals surface area contributed by atoms with Crippen molar-refractivity contribution in [1.29, 1.82) is 0 Å². The van der Waals surface area contributed by atoms with Gasteiger partial charge in [0.1, 0.15) is 5.65 Å². The van der Waals surface area contributed by atoms with Crippen molar-refractivity contribution in [3.8, 4) is 0 Å². The molecule has 19 heavy (non-hydrogen) atoms. The number of imidazole rings is 1. The molecule has 1 amide bonds. The van der Waals surface area contributed by atoms with Crippen LogP contribution in [-0.4, -0.2) is 32.4 Å². The molecule has 0 aromatic carbocycles. The molecule has 6 heteroatoms. The fraction of sp³-hybridized carbons (Fsp3) is 0.308. The van der Waals surface area contributed by atoms with E-state index in [0.717, 1.165) is 5.65 Å². The quantitative estimate of drug-likeness (QED) is 0.836. The Kier molecular flexibility index (Phi) is 3.79. The van der Waals surface area contributed by atoms with Gasteiger partial charge in [-0.15, -0.1) is 0 Å². The van der Waals surface area contributed by atoms with Gasteiger partial charge in [0.25, 0.3) is 0 Å². The maximum atomic E-state index is 11.7. The van der Waals surface area contributed by atoms with E-state index in [1.807, 2.05) is 28.8 Å². The summed E-state index contributed by atoms with van der Waals surface area (Å²) in [6.07, 6.45) is 3.70. The van der Waals surface area contributed by atoms with Gasteiger partial charge in [-0.3, -0.25) is 9.59 Å². The van der Waals surface area contributed by atoms with Gasteiger partial charge in [-0.2, -0.15) is 0 Å². The molecule has 0 fully saturated rings. The van der Waals surface area contributed by atoms with Crippen molar-refractivity contribution < 1.29 is 14.7 Å². The summed E-state index contributed by atoms with van der Waals surface area (Å²) >= 11 is 0. The van der Waals surface area contributed by atoms with Crippen molar-refractivity contribution in [2.75, 3.05) is 0 Å². The normalized spacial score (nSPS) is 12.3. The van der Waals surface area contributed by atoms with Crippen LogP contribution in [-0.2, 0) is 16.0 Å². The number of rotatable bonds is 5. The van der Waals surface area contributed by atoms with Crippen LogP contribution in [0.2, 0.25) is 0 Å². The van der Waals surface area contributed by atoms with Crippen LogP contribution < -0.4 is 5.32 Å². The van der Waals surface area contributed by atoms with E-state index in [2.05, 4.69) is 10.3 Å². The molecule has 1 unspecified atom stereocenters. The summed E-state index contributed by atoms with van der Waals surface area (Å²) in [5, 5.41) is 11.2. The number of nitrogens with one attached hydrogen (secondary N) is 1. The second-order valence-corrected chi connectivity index (χ2v) is 4.44. The lowest BCUT2D eigenvalue weighted by Gasteiger charge is -2.10. The number of pyridine rings is 1. The smallest absolute Gasteiger partial charge is 0.305 e. The SMILES string of the molecule is CC(CC(=O)O)NC(=O)Cc1cn2ccccc2n1. The van der Waals surface area contributed by atoms with Crippen molar-refractivity contribution >= 4 is 17.5 Å². The third kappa shape index (κ3) is 3.54. The fourth-order valence-electron chi connectivity index (χ4n) is 1.88. The molecule has 2 aromatic heterocycles. The van der Waals surface area contributed by atoms with E-state index < -0.39 is 5.97 Å². The number of aromatic nitrogens is 2. The zero-order chi connectivity index (χ0) is 13.8. The van der Waals surface area contributed by atoms with Gasteiger partial charge in [0.2, 0.25) is 5.91 Å². The molecule has 6 nitrogen and oxygen atoms in total. The monoisotopic (exact) mass is 261 g/mol. The molecule has 0 aliphatic carbocycles. The molecule has 0 saturated heterocycles. The van der Waals surface area contributed by atoms with Gasteiger partial charge in [0.15, 0.2) is 0 Å². The molecule has 0 spiro atoms. The predicted octanol–water partition coefficient (Wildman–Crippen LogP) is 0.856. The number of aliphatic carboxylic acids is 1. The van der Waals surface area contributed by atoms with Crippen molar-refractivity contribution in [2.24, 2.45) is 0 Å². The zero-order valence-corrected chi connectivity index (χ0v) is 10.5. The Bertz CT molecular complexity index is 573. The van der Waals surface area contributed by atoms with Crippen LogP contribution in [0.25, 0.3) is 5.65 Å². The molecule has 1 atom stereocenters. The Morgan fingerprint density at radius 3 is 2.95 bits per heavy atom. The van der Waals surface area contributed by atoms with E-state index in [1.54, 1.807) is 13.1 Å². The number of nitrogens with zero attached hydrogens (tertiary/aromatic N) is 2. The van der Waals surface area contributed by atoms with Crippen molar-refractivity contribution in [1.82, 2.24) is 14.7 Å². The highest BCUT2D eigenvalue weighted by molar-refractivity contribution is 5.79. The van der Waals surface area contributed by atoms with Gasteiger partial charge in [0, 0.05) is 18.4 Å². The van der Waals surface area contributed by atoms with E-state index in [-0.39, 0.29) is 24.8 Å². The number of carboxylic acid groups (broad SMARTS) is 1. The van der Waals surface area contributed by atoms with Gasteiger partial charge in [-0.1, -0.05) is 6.07 Å². The second-order valence-electron chi connectivity index (χ2n) is 4.44. The summed E-state index contributed by atoms with van der Waals surface area (Å²) in [7, 11) is 0. The third-order valence-electron chi connectivity index (χ3n) is 2.64. The minimum atomic E-state index is -0.930. The third-order valence-corrected chi connectivity index (χ3v) is 2.64. The Hall–Kier alpha value is -2.37. The van der Waals surface area contributed by atoms with Crippen molar-refractivity contribution in [2.45, 2.75) is 25.8 Å². The Labute approximate surface area is 110 Å². The van der Waals surface area contributed by atoms with Gasteiger partial charge in [-0.25, -0.2) is 4.98 Å². The lowest BCUT2D eigenvalue weighted by Crippen LogP contribution is -2.35. The summed E-state index contributed by atoms with van der Waals surface area (Å²) in [6, 6.07) is 5.23. The number of carbonyl (C=O) groups excluding carboxylic acids is 1. The number of carbonyl (C=O) groups is 2. The van der Waals surface area contributed by atoms with E-state index in [4.69, 9.17) is 5.11 Å². The zero-order valence-electron chi connectivity index (χ0n) is 10.5. The number of carboxylic acids is 1. The summed E-state index contributed by atoms with van der Waals surface area (Å²) in [6.45, 7) is 1.66. The molecule has 2 rings (SSSR count). The summed E-state index contributed by atoms with van der Waals surface area (Å²) < 4.78 is 1.84. The van der Waals surface area contributed by atoms with Gasteiger partial charge in [0.05, 0.1) is 18.5 Å². The first kappa shape index (κ1) is 13.1. The number of fused-ring (bicyclic) bond motifs is 1. The molecule has 0 saturated carbocycles. The molecular formula is C13H15N3O3. The van der Waals surface area contributed by atoms with Crippen LogP contribution in [0.15, 0.2) is 30.6 Å². The highest BCUT2D eigenvalue weighted by atomic mass is 16.4. The molecule has 2 heterocycles. The minimum Gasteiger partial charge on any atom is -0.481 e. The van der Waals surface area contributed by atoms with Crippen LogP contribution >= 0.6 is 0 Å². The summed E-state index contributed by atoms with van der Waals surface area (Å²) in [4.78, 5) is 26.5. The first-order valence-corrected chi connectivity index (χ1v) is 5.98. The Morgan fingerprint density at radius 2 is 2.26 bits per heavy atom. The first-order chi connectivity index (χ1) is 9.04. The minimum absolute atomic E-state index is 0.0864. The maximum Gasteiger partial charge on any atom is 0.305 e. The molecule has 0 bridgehead atoms. The number of amides is 1. The van der Waals surface area contributed by atoms with Crippen LogP contribution in [0.5, 0.6) is 0 Å². The summed E-state index contributed by atoms with van der Waals surface area (Å²) in [5.41, 5.74) is 1.44. The van der Waals surface area contributed by atoms with Crippen molar-refractivity contribution in [3.05, 3.63) is 36.3 Å². The Morgan fingerprint density at radius 1 is 1.47 bits per heavy atom. The van der Waals surface area contributed by atoms with E-state index >= 15 is 0 Å². The standard InChI is InChI=1S/C13H15N3O3/c1-9(6-13(18)19)14-12(17)7-10-8-16-5-3-2-4-11(16)15-10/h2-5,8-9H,6-7H2,1H3,(H,14,17)(H,18,19). The molecule has 0 aliphatic heterocycles. The lowest BCUT2D eigenvalue weighted by molar-refractivity contribution is -0.137. The van der Waals surface area contributed by atoms with E-state index in [1.165, 1.54) is 0 Å². The fourth-order valence-corrected chi connectivity index (χ4v) is 1.88. The molecule has 100 valence electrons. The Balaban J connectivity index is 1.96. The molecule has 2 N–H and O–H groups in total. The highest BCUT2D eigenvalue weighted by Gasteiger charge is 2.12. The largest absolute Gasteiger partial charge is 0.481 e.